The number of pyridine rings is 1. The molecule has 3 aromatic carbocycles. The molecule has 0 saturated heterocycles. The Morgan fingerprint density at radius 2 is 1.69 bits per heavy atom. The summed E-state index contributed by atoms with van der Waals surface area (Å²) in [5.74, 6) is -4.68. The van der Waals surface area contributed by atoms with E-state index in [4.69, 9.17) is 4.74 Å². The van der Waals surface area contributed by atoms with E-state index in [1.54, 1.807) is 0 Å². The normalized spacial score (nSPS) is 14.4. The Bertz CT molecular complexity index is 1950. The fourth-order valence-corrected chi connectivity index (χ4v) is 5.62. The molecule has 1 aliphatic heterocycles. The molecular weight excluding hydrogens is 594 g/mol. The van der Waals surface area contributed by atoms with Gasteiger partial charge in [-0.1, -0.05) is 30.3 Å². The fourth-order valence-electron chi connectivity index (χ4n) is 5.62. The van der Waals surface area contributed by atoms with Gasteiger partial charge in [-0.05, 0) is 35.2 Å². The lowest BCUT2D eigenvalue weighted by atomic mass is 9.95. The number of anilines is 1. The highest BCUT2D eigenvalue weighted by Gasteiger charge is 2.29. The van der Waals surface area contributed by atoms with Gasteiger partial charge in [-0.2, -0.15) is 0 Å². The zero-order chi connectivity index (χ0) is 31.8. The number of aromatic nitrogens is 2. The summed E-state index contributed by atoms with van der Waals surface area (Å²) in [6.45, 7) is 0.366. The summed E-state index contributed by atoms with van der Waals surface area (Å²) in [5.41, 5.74) is 2.04. The van der Waals surface area contributed by atoms with E-state index in [1.165, 1.54) is 22.6 Å². The molecule has 2 amide bonds. The lowest BCUT2D eigenvalue weighted by Crippen LogP contribution is -2.36. The van der Waals surface area contributed by atoms with Crippen LogP contribution in [0.15, 0.2) is 60.7 Å². The maximum Gasteiger partial charge on any atom is 0.407 e. The zero-order valence-corrected chi connectivity index (χ0v) is 23.9. The Morgan fingerprint density at radius 3 is 2.42 bits per heavy atom. The van der Waals surface area contributed by atoms with Crippen molar-refractivity contribution < 1.29 is 37.0 Å². The number of aryl methyl sites for hydroxylation is 1. The molecule has 3 heterocycles. The van der Waals surface area contributed by atoms with Crippen LogP contribution >= 0.6 is 0 Å². The third kappa shape index (κ3) is 5.86. The van der Waals surface area contributed by atoms with Crippen molar-refractivity contribution in [3.8, 4) is 0 Å². The maximum absolute atomic E-state index is 14.6. The SMILES string of the molecule is Cn1c(C(=O)NC2COCc3nc(NCCN(Cc4ccccc4)C(=O)O)c4cc(F)c(F)cc4c32)cc2cc(F)c(F)cc21. The minimum Gasteiger partial charge on any atom is -0.465 e. The Morgan fingerprint density at radius 1 is 1.00 bits per heavy atom. The van der Waals surface area contributed by atoms with E-state index in [9.17, 15) is 32.3 Å². The maximum atomic E-state index is 14.6. The summed E-state index contributed by atoms with van der Waals surface area (Å²) in [5, 5.41) is 16.4. The second-order valence-corrected chi connectivity index (χ2v) is 10.7. The van der Waals surface area contributed by atoms with Gasteiger partial charge in [0.2, 0.25) is 0 Å². The van der Waals surface area contributed by atoms with E-state index in [0.717, 1.165) is 29.8 Å². The number of benzene rings is 3. The minimum atomic E-state index is -1.12. The van der Waals surface area contributed by atoms with Gasteiger partial charge in [-0.3, -0.25) is 4.79 Å². The Balaban J connectivity index is 1.29. The molecule has 0 radical (unpaired) electrons. The average molecular weight is 622 g/mol. The van der Waals surface area contributed by atoms with E-state index >= 15 is 0 Å². The molecule has 0 saturated carbocycles. The quantitative estimate of drug-likeness (QED) is 0.187. The standard InChI is InChI=1S/C32H27F4N5O4/c1-40-27-13-24(36)21(33)9-18(27)10-28(40)31(42)39-26-16-45-15-25-29(26)19-11-22(34)23(35)12-20(19)30(38-25)37-7-8-41(32(43)44)14-17-5-3-2-4-6-17/h2-6,9-13,26H,7-8,14-16H2,1H3,(H,37,38)(H,39,42)(H,43,44). The van der Waals surface area contributed by atoms with Crippen molar-refractivity contribution >= 4 is 39.5 Å². The Kier molecular flexibility index (Phi) is 8.02. The lowest BCUT2D eigenvalue weighted by molar-refractivity contribution is 0.0692. The molecule has 13 heteroatoms. The van der Waals surface area contributed by atoms with Crippen molar-refractivity contribution in [2.75, 3.05) is 25.0 Å². The summed E-state index contributed by atoms with van der Waals surface area (Å²) >= 11 is 0. The monoisotopic (exact) mass is 621 g/mol. The first-order chi connectivity index (χ1) is 21.6. The predicted octanol–water partition coefficient (Wildman–Crippen LogP) is 5.88. The highest BCUT2D eigenvalue weighted by molar-refractivity contribution is 6.00. The number of amides is 2. The fraction of sp³-hybridized carbons (Fsp3) is 0.219. The van der Waals surface area contributed by atoms with Crippen LogP contribution in [0.4, 0.5) is 28.2 Å². The third-order valence-corrected chi connectivity index (χ3v) is 7.82. The van der Waals surface area contributed by atoms with Crippen molar-refractivity contribution in [3.63, 3.8) is 0 Å². The molecule has 45 heavy (non-hydrogen) atoms. The van der Waals surface area contributed by atoms with Crippen molar-refractivity contribution in [1.82, 2.24) is 19.8 Å². The Hall–Kier alpha value is -5.17. The first-order valence-electron chi connectivity index (χ1n) is 14.0. The summed E-state index contributed by atoms with van der Waals surface area (Å²) in [6, 6.07) is 13.7. The number of nitrogens with zero attached hydrogens (tertiary/aromatic N) is 3. The number of carbonyl (C=O) groups excluding carboxylic acids is 1. The van der Waals surface area contributed by atoms with E-state index in [2.05, 4.69) is 15.6 Å². The van der Waals surface area contributed by atoms with Crippen LogP contribution in [0.2, 0.25) is 0 Å². The number of hydrogen-bond acceptors (Lipinski definition) is 5. The molecule has 0 spiro atoms. The predicted molar refractivity (Wildman–Crippen MR) is 158 cm³/mol. The van der Waals surface area contributed by atoms with Crippen molar-refractivity contribution in [2.24, 2.45) is 7.05 Å². The van der Waals surface area contributed by atoms with Crippen LogP contribution in [0.3, 0.4) is 0 Å². The number of carboxylic acid groups (broad SMARTS) is 1. The molecule has 1 aliphatic rings. The van der Waals surface area contributed by atoms with Crippen molar-refractivity contribution in [1.29, 1.82) is 0 Å². The number of fused-ring (bicyclic) bond motifs is 4. The smallest absolute Gasteiger partial charge is 0.407 e. The van der Waals surface area contributed by atoms with Gasteiger partial charge in [0, 0.05) is 49.1 Å². The number of hydrogen-bond donors (Lipinski definition) is 3. The van der Waals surface area contributed by atoms with E-state index < -0.39 is 41.3 Å². The highest BCUT2D eigenvalue weighted by atomic mass is 19.2. The summed E-state index contributed by atoms with van der Waals surface area (Å²) in [7, 11) is 1.54. The molecule has 1 atom stereocenters. The van der Waals surface area contributed by atoms with E-state index in [1.807, 2.05) is 30.3 Å². The first-order valence-corrected chi connectivity index (χ1v) is 14.0. The number of rotatable bonds is 8. The number of halogens is 4. The number of carbonyl (C=O) groups is 2. The first kappa shape index (κ1) is 29.9. The molecular formula is C32H27F4N5O4. The summed E-state index contributed by atoms with van der Waals surface area (Å²) in [6.07, 6.45) is -1.12. The highest BCUT2D eigenvalue weighted by Crippen LogP contribution is 2.36. The van der Waals surface area contributed by atoms with Gasteiger partial charge in [0.05, 0.1) is 30.5 Å². The van der Waals surface area contributed by atoms with Gasteiger partial charge in [0.25, 0.3) is 5.91 Å². The van der Waals surface area contributed by atoms with E-state index in [0.29, 0.717) is 22.2 Å². The van der Waals surface area contributed by atoms with Crippen molar-refractivity contribution in [3.05, 3.63) is 106 Å². The minimum absolute atomic E-state index is 0.00153. The van der Waals surface area contributed by atoms with Crippen LogP contribution < -0.4 is 10.6 Å². The van der Waals surface area contributed by atoms with Crippen molar-refractivity contribution in [2.45, 2.75) is 19.2 Å². The summed E-state index contributed by atoms with van der Waals surface area (Å²) in [4.78, 5) is 31.1. The van der Waals surface area contributed by atoms with Crippen LogP contribution in [0, 0.1) is 23.3 Å². The topological polar surface area (TPSA) is 109 Å². The van der Waals surface area contributed by atoms with Crippen LogP contribution in [0.25, 0.3) is 21.7 Å². The van der Waals surface area contributed by atoms with Crippen LogP contribution in [0.1, 0.15) is 33.4 Å². The van der Waals surface area contributed by atoms with Gasteiger partial charge >= 0.3 is 6.09 Å². The van der Waals surface area contributed by atoms with Crippen LogP contribution in [-0.4, -0.2) is 51.3 Å². The molecule has 5 aromatic rings. The second kappa shape index (κ2) is 12.1. The lowest BCUT2D eigenvalue weighted by Gasteiger charge is -2.28. The molecule has 0 fully saturated rings. The molecule has 1 unspecified atom stereocenters. The Labute approximate surface area is 254 Å². The molecule has 2 aromatic heterocycles. The second-order valence-electron chi connectivity index (χ2n) is 10.7. The van der Waals surface area contributed by atoms with Gasteiger partial charge in [0.15, 0.2) is 23.3 Å². The third-order valence-electron chi connectivity index (χ3n) is 7.82. The number of nitrogens with one attached hydrogen (secondary N) is 2. The molecule has 0 aliphatic carbocycles. The van der Waals surface area contributed by atoms with Gasteiger partial charge in [-0.15, -0.1) is 0 Å². The largest absolute Gasteiger partial charge is 0.465 e. The molecule has 9 nitrogen and oxygen atoms in total. The molecule has 0 bridgehead atoms. The van der Waals surface area contributed by atoms with Crippen LogP contribution in [-0.2, 0) is 24.9 Å². The summed E-state index contributed by atoms with van der Waals surface area (Å²) < 4.78 is 63.9. The van der Waals surface area contributed by atoms with Crippen LogP contribution in [0.5, 0.6) is 0 Å². The van der Waals surface area contributed by atoms with Gasteiger partial charge in [-0.25, -0.2) is 27.3 Å². The van der Waals surface area contributed by atoms with E-state index in [-0.39, 0.29) is 55.1 Å². The number of ether oxygens (including phenoxy) is 1. The van der Waals surface area contributed by atoms with Gasteiger partial charge < -0.3 is 29.9 Å². The molecule has 6 rings (SSSR count). The average Bonchev–Trinajstić information content (AvgIpc) is 3.32. The molecule has 3 N–H and O–H groups in total. The zero-order valence-electron chi connectivity index (χ0n) is 23.9. The molecule has 232 valence electrons. The van der Waals surface area contributed by atoms with Gasteiger partial charge in [0.1, 0.15) is 11.5 Å².